The molecule has 1 aromatic carbocycles. The standard InChI is InChI=1S/C25H34N4O2/c1-3-17-12-16-13-21-23(17)28(15-16)7-6-19-20-14-18(30)4-5-22(20)29(24(19)21)25(31)27-10-8-26(2)9-11-27/h4-5,14,16-17,21,23,30H,3,6-13,15H2,1-2H3/t16-,17+,21-,23+/m1/s1. The van der Waals surface area contributed by atoms with Crippen LogP contribution >= 0.6 is 0 Å². The lowest BCUT2D eigenvalue weighted by Crippen LogP contribution is -2.56. The highest BCUT2D eigenvalue weighted by molar-refractivity contribution is 5.96. The van der Waals surface area contributed by atoms with E-state index < -0.39 is 0 Å². The largest absolute Gasteiger partial charge is 0.508 e. The van der Waals surface area contributed by atoms with Crippen LogP contribution in [0.3, 0.4) is 0 Å². The number of piperidine rings is 2. The van der Waals surface area contributed by atoms with Crippen molar-refractivity contribution in [1.82, 2.24) is 19.3 Å². The first-order valence-corrected chi connectivity index (χ1v) is 12.1. The van der Waals surface area contributed by atoms with E-state index in [1.54, 1.807) is 6.07 Å². The molecule has 1 amide bonds. The SMILES string of the molecule is CC[C@H]1C[C@@H]2C[C@H]3c4c(c5cc(O)ccc5n4C(=O)N4CCN(C)CC4)CCN(C2)[C@@H]13. The minimum absolute atomic E-state index is 0.132. The Balaban J connectivity index is 1.52. The molecule has 0 radical (unpaired) electrons. The molecular formula is C25H34N4O2. The Bertz CT molecular complexity index is 1020. The zero-order chi connectivity index (χ0) is 21.3. The van der Waals surface area contributed by atoms with Gasteiger partial charge >= 0.3 is 6.03 Å². The smallest absolute Gasteiger partial charge is 0.328 e. The monoisotopic (exact) mass is 422 g/mol. The van der Waals surface area contributed by atoms with Crippen molar-refractivity contribution in [2.45, 2.75) is 44.6 Å². The van der Waals surface area contributed by atoms with E-state index >= 15 is 0 Å². The number of hydrogen-bond acceptors (Lipinski definition) is 4. The number of phenols is 1. The van der Waals surface area contributed by atoms with Gasteiger partial charge in [0, 0.05) is 62.3 Å². The van der Waals surface area contributed by atoms with Crippen LogP contribution in [0.2, 0.25) is 0 Å². The lowest BCUT2D eigenvalue weighted by Gasteiger charge is -2.53. The van der Waals surface area contributed by atoms with E-state index in [0.717, 1.165) is 61.9 Å². The summed E-state index contributed by atoms with van der Waals surface area (Å²) in [5, 5.41) is 11.4. The molecule has 3 saturated heterocycles. The van der Waals surface area contributed by atoms with E-state index in [1.807, 2.05) is 17.0 Å². The van der Waals surface area contributed by atoms with Gasteiger partial charge in [-0.05, 0) is 61.9 Å². The molecule has 1 N–H and O–H groups in total. The molecule has 6 nitrogen and oxygen atoms in total. The van der Waals surface area contributed by atoms with Gasteiger partial charge in [-0.3, -0.25) is 9.47 Å². The number of nitrogens with zero attached hydrogens (tertiary/aromatic N) is 4. The molecule has 4 aliphatic heterocycles. The Hall–Kier alpha value is -2.05. The third-order valence-electron chi connectivity index (χ3n) is 8.62. The van der Waals surface area contributed by atoms with E-state index in [0.29, 0.717) is 17.7 Å². The molecule has 4 bridgehead atoms. The van der Waals surface area contributed by atoms with Gasteiger partial charge in [-0.25, -0.2) is 4.79 Å². The van der Waals surface area contributed by atoms with E-state index in [-0.39, 0.29) is 6.03 Å². The third kappa shape index (κ3) is 2.94. The molecule has 7 rings (SSSR count). The minimum atomic E-state index is 0.132. The summed E-state index contributed by atoms with van der Waals surface area (Å²) >= 11 is 0. The number of hydrogen-bond donors (Lipinski definition) is 1. The summed E-state index contributed by atoms with van der Waals surface area (Å²) in [6.45, 7) is 8.03. The molecule has 166 valence electrons. The Morgan fingerprint density at radius 3 is 2.71 bits per heavy atom. The van der Waals surface area contributed by atoms with Gasteiger partial charge in [0.25, 0.3) is 0 Å². The first-order valence-electron chi connectivity index (χ1n) is 12.1. The van der Waals surface area contributed by atoms with Crippen molar-refractivity contribution >= 4 is 16.9 Å². The average molecular weight is 423 g/mol. The van der Waals surface area contributed by atoms with Crippen molar-refractivity contribution in [1.29, 1.82) is 0 Å². The predicted octanol–water partition coefficient (Wildman–Crippen LogP) is 3.32. The van der Waals surface area contributed by atoms with Crippen LogP contribution in [-0.2, 0) is 6.42 Å². The van der Waals surface area contributed by atoms with Crippen LogP contribution in [0.25, 0.3) is 10.9 Å². The predicted molar refractivity (Wildman–Crippen MR) is 122 cm³/mol. The summed E-state index contributed by atoms with van der Waals surface area (Å²) in [6.07, 6.45) is 4.73. The summed E-state index contributed by atoms with van der Waals surface area (Å²) in [5.41, 5.74) is 3.55. The Morgan fingerprint density at radius 2 is 1.94 bits per heavy atom. The molecule has 5 aliphatic rings. The summed E-state index contributed by atoms with van der Waals surface area (Å²) in [5.74, 6) is 2.17. The van der Waals surface area contributed by atoms with Gasteiger partial charge in [0.1, 0.15) is 5.75 Å². The second-order valence-corrected chi connectivity index (χ2v) is 10.3. The highest BCUT2D eigenvalue weighted by Crippen LogP contribution is 2.52. The van der Waals surface area contributed by atoms with Crippen LogP contribution < -0.4 is 0 Å². The number of phenolic OH excluding ortho intramolecular Hbond substituents is 1. The fourth-order valence-corrected chi connectivity index (χ4v) is 7.18. The topological polar surface area (TPSA) is 52.0 Å². The van der Waals surface area contributed by atoms with Crippen molar-refractivity contribution in [3.8, 4) is 5.75 Å². The van der Waals surface area contributed by atoms with Gasteiger partial charge in [0.05, 0.1) is 5.52 Å². The fraction of sp³-hybridized carbons (Fsp3) is 0.640. The highest BCUT2D eigenvalue weighted by atomic mass is 16.3. The van der Waals surface area contributed by atoms with Crippen molar-refractivity contribution < 1.29 is 9.90 Å². The number of likely N-dealkylation sites (N-methyl/N-ethyl adjacent to an activating group) is 1. The number of aromatic hydroxyl groups is 1. The maximum Gasteiger partial charge on any atom is 0.328 e. The van der Waals surface area contributed by atoms with Crippen LogP contribution in [0, 0.1) is 11.8 Å². The maximum atomic E-state index is 14.0. The maximum absolute atomic E-state index is 14.0. The molecule has 1 saturated carbocycles. The number of carbonyl (C=O) groups excluding carboxylic acids is 1. The van der Waals surface area contributed by atoms with Crippen molar-refractivity contribution in [3.63, 3.8) is 0 Å². The van der Waals surface area contributed by atoms with Crippen LogP contribution in [0.1, 0.15) is 43.4 Å². The first kappa shape index (κ1) is 19.6. The number of aromatic nitrogens is 1. The van der Waals surface area contributed by atoms with Gasteiger partial charge in [-0.1, -0.05) is 13.3 Å². The summed E-state index contributed by atoms with van der Waals surface area (Å²) < 4.78 is 2.07. The summed E-state index contributed by atoms with van der Waals surface area (Å²) in [6, 6.07) is 6.27. The molecule has 1 aliphatic carbocycles. The van der Waals surface area contributed by atoms with E-state index in [1.165, 1.54) is 37.1 Å². The minimum Gasteiger partial charge on any atom is -0.508 e. The molecule has 5 heterocycles. The lowest BCUT2D eigenvalue weighted by molar-refractivity contribution is -0.0139. The summed E-state index contributed by atoms with van der Waals surface area (Å²) in [7, 11) is 2.12. The molecule has 1 unspecified atom stereocenters. The van der Waals surface area contributed by atoms with Gasteiger partial charge in [-0.2, -0.15) is 0 Å². The molecule has 1 aromatic heterocycles. The number of piperazine rings is 1. The number of benzene rings is 1. The Kier molecular flexibility index (Phi) is 4.58. The van der Waals surface area contributed by atoms with Crippen molar-refractivity contribution in [2.75, 3.05) is 46.3 Å². The zero-order valence-electron chi connectivity index (χ0n) is 18.8. The molecule has 0 spiro atoms. The van der Waals surface area contributed by atoms with Crippen LogP contribution in [0.4, 0.5) is 4.79 Å². The van der Waals surface area contributed by atoms with E-state index in [4.69, 9.17) is 0 Å². The second-order valence-electron chi connectivity index (χ2n) is 10.3. The van der Waals surface area contributed by atoms with Gasteiger partial charge < -0.3 is 14.9 Å². The number of amides is 1. The van der Waals surface area contributed by atoms with Gasteiger partial charge in [-0.15, -0.1) is 0 Å². The molecule has 4 fully saturated rings. The quantitative estimate of drug-likeness (QED) is 0.766. The van der Waals surface area contributed by atoms with Crippen molar-refractivity contribution in [2.24, 2.45) is 11.8 Å². The molecule has 2 aromatic rings. The van der Waals surface area contributed by atoms with Crippen LogP contribution in [0.15, 0.2) is 18.2 Å². The highest BCUT2D eigenvalue weighted by Gasteiger charge is 2.50. The first-order chi connectivity index (χ1) is 15.0. The molecule has 5 atom stereocenters. The van der Waals surface area contributed by atoms with Crippen LogP contribution in [0.5, 0.6) is 5.75 Å². The van der Waals surface area contributed by atoms with Gasteiger partial charge in [0.15, 0.2) is 0 Å². The number of carbonyl (C=O) groups is 1. The number of fused-ring (bicyclic) bond motifs is 4. The third-order valence-corrected chi connectivity index (χ3v) is 8.62. The number of rotatable bonds is 1. The average Bonchev–Trinajstić information content (AvgIpc) is 3.04. The fourth-order valence-electron chi connectivity index (χ4n) is 7.18. The molecular weight excluding hydrogens is 388 g/mol. The Morgan fingerprint density at radius 1 is 1.13 bits per heavy atom. The molecule has 31 heavy (non-hydrogen) atoms. The normalized spacial score (nSPS) is 32.8. The Labute approximate surface area is 184 Å². The van der Waals surface area contributed by atoms with Crippen LogP contribution in [-0.4, -0.2) is 82.8 Å². The zero-order valence-corrected chi connectivity index (χ0v) is 18.8. The van der Waals surface area contributed by atoms with Crippen molar-refractivity contribution in [3.05, 3.63) is 29.5 Å². The summed E-state index contributed by atoms with van der Waals surface area (Å²) in [4.78, 5) is 21.0. The van der Waals surface area contributed by atoms with E-state index in [9.17, 15) is 9.90 Å². The van der Waals surface area contributed by atoms with Gasteiger partial charge in [0.2, 0.25) is 0 Å². The second kappa shape index (κ2) is 7.24. The van der Waals surface area contributed by atoms with E-state index in [2.05, 4.69) is 28.3 Å². The molecule has 6 heteroatoms. The lowest BCUT2D eigenvalue weighted by atomic mass is 9.65.